The van der Waals surface area contributed by atoms with E-state index >= 15 is 0 Å². The van der Waals surface area contributed by atoms with Gasteiger partial charge in [0.15, 0.2) is 0 Å². The molecule has 0 saturated carbocycles. The van der Waals surface area contributed by atoms with Crippen molar-refractivity contribution in [2.24, 2.45) is 0 Å². The lowest BCUT2D eigenvalue weighted by atomic mass is 9.85. The van der Waals surface area contributed by atoms with Crippen LogP contribution in [-0.4, -0.2) is 17.6 Å². The third-order valence-corrected chi connectivity index (χ3v) is 4.33. The van der Waals surface area contributed by atoms with E-state index in [1.165, 1.54) is 5.56 Å². The Labute approximate surface area is 143 Å². The van der Waals surface area contributed by atoms with Crippen molar-refractivity contribution >= 4 is 0 Å². The van der Waals surface area contributed by atoms with Gasteiger partial charge in [-0.1, -0.05) is 50.2 Å². The lowest BCUT2D eigenvalue weighted by Crippen LogP contribution is -2.25. The van der Waals surface area contributed by atoms with Crippen LogP contribution in [0.5, 0.6) is 5.75 Å². The van der Waals surface area contributed by atoms with Crippen LogP contribution >= 0.6 is 0 Å². The highest BCUT2D eigenvalue weighted by molar-refractivity contribution is 5.38. The van der Waals surface area contributed by atoms with Gasteiger partial charge in [0.1, 0.15) is 5.75 Å². The van der Waals surface area contributed by atoms with Crippen LogP contribution in [0.2, 0.25) is 0 Å². The van der Waals surface area contributed by atoms with Crippen LogP contribution in [0.1, 0.15) is 56.2 Å². The number of nitrogens with zero attached hydrogens (tertiary/aromatic N) is 1. The molecule has 2 rings (SSSR count). The number of nitro groups is 1. The lowest BCUT2D eigenvalue weighted by molar-refractivity contribution is -0.520. The van der Waals surface area contributed by atoms with Gasteiger partial charge in [0.05, 0.1) is 12.5 Å². The molecule has 2 atom stereocenters. The van der Waals surface area contributed by atoms with Crippen molar-refractivity contribution in [3.8, 4) is 5.75 Å². The number of benzene rings is 2. The zero-order valence-corrected chi connectivity index (χ0v) is 14.7. The molecule has 0 aliphatic carbocycles. The van der Waals surface area contributed by atoms with Crippen LogP contribution in [0.25, 0.3) is 0 Å². The minimum atomic E-state index is -0.701. The minimum absolute atomic E-state index is 0.211. The summed E-state index contributed by atoms with van der Waals surface area (Å²) in [5.74, 6) is 0.941. The first-order chi connectivity index (χ1) is 11.4. The SMILES string of the molecule is CCOc1ccc(C(c2ccc(C(C)C)cc2)C(C)[N+](=O)[O-])cc1. The second kappa shape index (κ2) is 7.95. The van der Waals surface area contributed by atoms with Crippen LogP contribution in [-0.2, 0) is 0 Å². The molecule has 4 nitrogen and oxygen atoms in total. The van der Waals surface area contributed by atoms with Crippen molar-refractivity contribution in [3.05, 3.63) is 75.3 Å². The molecule has 2 aromatic rings. The summed E-state index contributed by atoms with van der Waals surface area (Å²) >= 11 is 0. The molecule has 0 heterocycles. The summed E-state index contributed by atoms with van der Waals surface area (Å²) < 4.78 is 5.46. The van der Waals surface area contributed by atoms with Crippen LogP contribution in [0, 0.1) is 10.1 Å². The first-order valence-electron chi connectivity index (χ1n) is 8.40. The smallest absolute Gasteiger partial charge is 0.221 e. The first kappa shape index (κ1) is 18.0. The Balaban J connectivity index is 2.39. The Morgan fingerprint density at radius 1 is 0.917 bits per heavy atom. The second-order valence-corrected chi connectivity index (χ2v) is 6.33. The monoisotopic (exact) mass is 327 g/mol. The summed E-state index contributed by atoms with van der Waals surface area (Å²) in [4.78, 5) is 11.2. The molecule has 24 heavy (non-hydrogen) atoms. The third-order valence-electron chi connectivity index (χ3n) is 4.33. The summed E-state index contributed by atoms with van der Waals surface area (Å²) in [6.45, 7) is 8.47. The van der Waals surface area contributed by atoms with E-state index < -0.39 is 6.04 Å². The molecule has 0 N–H and O–H groups in total. The first-order valence-corrected chi connectivity index (χ1v) is 8.40. The van der Waals surface area contributed by atoms with Crippen molar-refractivity contribution in [1.82, 2.24) is 0 Å². The van der Waals surface area contributed by atoms with E-state index in [9.17, 15) is 10.1 Å². The van der Waals surface area contributed by atoms with Gasteiger partial charge in [-0.15, -0.1) is 0 Å². The third kappa shape index (κ3) is 4.13. The predicted molar refractivity (Wildman–Crippen MR) is 96.4 cm³/mol. The Morgan fingerprint density at radius 2 is 1.38 bits per heavy atom. The molecule has 0 bridgehead atoms. The Hall–Kier alpha value is -2.36. The summed E-state index contributed by atoms with van der Waals surface area (Å²) in [5, 5.41) is 11.4. The van der Waals surface area contributed by atoms with E-state index in [0.29, 0.717) is 12.5 Å². The highest BCUT2D eigenvalue weighted by atomic mass is 16.6. The molecule has 0 aliphatic rings. The van der Waals surface area contributed by atoms with E-state index in [1.807, 2.05) is 43.3 Å². The van der Waals surface area contributed by atoms with E-state index in [2.05, 4.69) is 26.0 Å². The summed E-state index contributed by atoms with van der Waals surface area (Å²) in [6, 6.07) is 15.0. The molecule has 0 aliphatic heterocycles. The van der Waals surface area contributed by atoms with Crippen LogP contribution < -0.4 is 4.74 Å². The average molecular weight is 327 g/mol. The van der Waals surface area contributed by atoms with Crippen molar-refractivity contribution in [1.29, 1.82) is 0 Å². The zero-order chi connectivity index (χ0) is 17.7. The zero-order valence-electron chi connectivity index (χ0n) is 14.7. The standard InChI is InChI=1S/C20H25NO3/c1-5-24-19-12-10-18(11-13-19)20(15(4)21(22)23)17-8-6-16(7-9-17)14(2)3/h6-15,20H,5H2,1-4H3. The largest absolute Gasteiger partial charge is 0.494 e. The molecule has 128 valence electrons. The van der Waals surface area contributed by atoms with Crippen molar-refractivity contribution in [2.75, 3.05) is 6.61 Å². The fraction of sp³-hybridized carbons (Fsp3) is 0.400. The van der Waals surface area contributed by atoms with E-state index in [0.717, 1.165) is 16.9 Å². The fourth-order valence-corrected chi connectivity index (χ4v) is 2.90. The Kier molecular flexibility index (Phi) is 5.96. The summed E-state index contributed by atoms with van der Waals surface area (Å²) in [6.07, 6.45) is 0. The Bertz CT molecular complexity index is 662. The number of rotatable bonds is 7. The molecule has 0 radical (unpaired) electrons. The summed E-state index contributed by atoms with van der Waals surface area (Å²) in [5.41, 5.74) is 3.13. The van der Waals surface area contributed by atoms with Crippen LogP contribution in [0.4, 0.5) is 0 Å². The number of hydrogen-bond donors (Lipinski definition) is 0. The molecular formula is C20H25NO3. The van der Waals surface area contributed by atoms with Gasteiger partial charge in [0.25, 0.3) is 0 Å². The Morgan fingerprint density at radius 3 is 1.79 bits per heavy atom. The number of hydrogen-bond acceptors (Lipinski definition) is 3. The molecule has 2 aromatic carbocycles. The van der Waals surface area contributed by atoms with Gasteiger partial charge in [0.2, 0.25) is 6.04 Å². The average Bonchev–Trinajstić information content (AvgIpc) is 2.57. The van der Waals surface area contributed by atoms with E-state index in [4.69, 9.17) is 4.74 Å². The number of ether oxygens (including phenoxy) is 1. The highest BCUT2D eigenvalue weighted by Gasteiger charge is 2.29. The molecule has 0 spiro atoms. The molecule has 0 aromatic heterocycles. The van der Waals surface area contributed by atoms with Crippen LogP contribution in [0.3, 0.4) is 0 Å². The quantitative estimate of drug-likeness (QED) is 0.531. The fourth-order valence-electron chi connectivity index (χ4n) is 2.90. The highest BCUT2D eigenvalue weighted by Crippen LogP contribution is 2.31. The molecule has 0 saturated heterocycles. The maximum Gasteiger partial charge on any atom is 0.221 e. The molecule has 0 amide bonds. The van der Waals surface area contributed by atoms with Gasteiger partial charge in [-0.05, 0) is 41.7 Å². The topological polar surface area (TPSA) is 52.4 Å². The molecule has 4 heteroatoms. The van der Waals surface area contributed by atoms with Gasteiger partial charge < -0.3 is 4.74 Å². The van der Waals surface area contributed by atoms with Gasteiger partial charge in [0, 0.05) is 11.8 Å². The normalized spacial score (nSPS) is 13.5. The van der Waals surface area contributed by atoms with Crippen molar-refractivity contribution < 1.29 is 9.66 Å². The van der Waals surface area contributed by atoms with Gasteiger partial charge in [-0.2, -0.15) is 0 Å². The maximum atomic E-state index is 11.4. The van der Waals surface area contributed by atoms with E-state index in [-0.39, 0.29) is 10.8 Å². The van der Waals surface area contributed by atoms with Gasteiger partial charge in [-0.3, -0.25) is 10.1 Å². The van der Waals surface area contributed by atoms with Gasteiger partial charge >= 0.3 is 0 Å². The molecular weight excluding hydrogens is 302 g/mol. The molecule has 0 fully saturated rings. The maximum absolute atomic E-state index is 11.4. The van der Waals surface area contributed by atoms with Crippen LogP contribution in [0.15, 0.2) is 48.5 Å². The van der Waals surface area contributed by atoms with Crippen molar-refractivity contribution in [2.45, 2.75) is 45.6 Å². The lowest BCUT2D eigenvalue weighted by Gasteiger charge is -2.20. The van der Waals surface area contributed by atoms with E-state index in [1.54, 1.807) is 6.92 Å². The second-order valence-electron chi connectivity index (χ2n) is 6.33. The predicted octanol–water partition coefficient (Wildman–Crippen LogP) is 5.01. The minimum Gasteiger partial charge on any atom is -0.494 e. The summed E-state index contributed by atoms with van der Waals surface area (Å²) in [7, 11) is 0. The van der Waals surface area contributed by atoms with Crippen molar-refractivity contribution in [3.63, 3.8) is 0 Å². The molecule has 2 unspecified atom stereocenters. The van der Waals surface area contributed by atoms with Gasteiger partial charge in [-0.25, -0.2) is 0 Å².